The predicted molar refractivity (Wildman–Crippen MR) is 76.5 cm³/mol. The number of hydrogen-bond donors (Lipinski definition) is 2. The van der Waals surface area contributed by atoms with Gasteiger partial charge in [0.15, 0.2) is 0 Å². The summed E-state index contributed by atoms with van der Waals surface area (Å²) in [5.74, 6) is -0.934. The van der Waals surface area contributed by atoms with Crippen LogP contribution in [0.2, 0.25) is 0 Å². The minimum absolute atomic E-state index is 0.273. The van der Waals surface area contributed by atoms with Crippen molar-refractivity contribution in [1.29, 1.82) is 0 Å². The molecule has 5 nitrogen and oxygen atoms in total. The Balaban J connectivity index is 2.02. The van der Waals surface area contributed by atoms with Gasteiger partial charge in [-0.2, -0.15) is 5.10 Å². The number of hydrogen-bond acceptors (Lipinski definition) is 3. The highest BCUT2D eigenvalue weighted by Gasteiger charge is 2.09. The molecule has 0 unspecified atom stereocenters. The Labute approximate surface area is 119 Å². The number of rotatable bonds is 5. The Hall–Kier alpha value is -1.82. The summed E-state index contributed by atoms with van der Waals surface area (Å²) in [5, 5.41) is 16.3. The first kappa shape index (κ1) is 13.6. The number of anilines is 1. The number of benzene rings is 1. The van der Waals surface area contributed by atoms with Crippen LogP contribution in [0.3, 0.4) is 0 Å². The first-order valence-electron chi connectivity index (χ1n) is 5.80. The van der Waals surface area contributed by atoms with E-state index in [-0.39, 0.29) is 5.56 Å². The van der Waals surface area contributed by atoms with Gasteiger partial charge < -0.3 is 10.4 Å². The van der Waals surface area contributed by atoms with Crippen LogP contribution in [0.15, 0.2) is 35.1 Å². The van der Waals surface area contributed by atoms with E-state index in [1.807, 2.05) is 13.2 Å². The molecule has 1 aromatic heterocycles. The zero-order chi connectivity index (χ0) is 13.8. The molecular weight excluding hydrogens is 310 g/mol. The van der Waals surface area contributed by atoms with E-state index in [0.29, 0.717) is 12.2 Å². The molecule has 0 saturated heterocycles. The number of aromatic carboxylic acids is 1. The van der Waals surface area contributed by atoms with Crippen molar-refractivity contribution in [2.75, 3.05) is 11.9 Å². The fraction of sp³-hybridized carbons (Fsp3) is 0.231. The van der Waals surface area contributed by atoms with Crippen LogP contribution in [0.25, 0.3) is 0 Å². The maximum Gasteiger partial charge on any atom is 0.337 e. The predicted octanol–water partition coefficient (Wildman–Crippen LogP) is 2.54. The number of nitrogens with one attached hydrogen (secondary N) is 1. The summed E-state index contributed by atoms with van der Waals surface area (Å²) in [6.07, 6.45) is 4.54. The molecule has 0 aliphatic rings. The minimum Gasteiger partial charge on any atom is -0.478 e. The maximum atomic E-state index is 11.1. The van der Waals surface area contributed by atoms with Crippen molar-refractivity contribution in [3.63, 3.8) is 0 Å². The van der Waals surface area contributed by atoms with Crippen LogP contribution in [-0.2, 0) is 13.5 Å². The van der Waals surface area contributed by atoms with E-state index in [4.69, 9.17) is 5.11 Å². The van der Waals surface area contributed by atoms with E-state index in [9.17, 15) is 4.79 Å². The third-order valence-electron chi connectivity index (χ3n) is 2.70. The van der Waals surface area contributed by atoms with E-state index in [0.717, 1.165) is 16.5 Å². The standard InChI is InChI=1S/C13H14BrN3O2/c1-17-8-9(7-16-17)4-5-15-12-6-10(14)2-3-11(12)13(18)19/h2-3,6-8,15H,4-5H2,1H3,(H,18,19). The second-order valence-electron chi connectivity index (χ2n) is 4.19. The molecule has 2 N–H and O–H groups in total. The Kier molecular flexibility index (Phi) is 4.21. The lowest BCUT2D eigenvalue weighted by Crippen LogP contribution is -2.09. The SMILES string of the molecule is Cn1cc(CCNc2cc(Br)ccc2C(=O)O)cn1. The van der Waals surface area contributed by atoms with Gasteiger partial charge in [-0.3, -0.25) is 4.68 Å². The number of carboxylic acid groups (broad SMARTS) is 1. The van der Waals surface area contributed by atoms with Crippen molar-refractivity contribution in [3.8, 4) is 0 Å². The lowest BCUT2D eigenvalue weighted by Gasteiger charge is -2.09. The fourth-order valence-electron chi connectivity index (χ4n) is 1.79. The van der Waals surface area contributed by atoms with Crippen LogP contribution in [0, 0.1) is 0 Å². The largest absolute Gasteiger partial charge is 0.478 e. The molecule has 0 radical (unpaired) electrons. The quantitative estimate of drug-likeness (QED) is 0.887. The lowest BCUT2D eigenvalue weighted by molar-refractivity contribution is 0.0698. The van der Waals surface area contributed by atoms with E-state index < -0.39 is 5.97 Å². The fourth-order valence-corrected chi connectivity index (χ4v) is 2.15. The second kappa shape index (κ2) is 5.88. The molecule has 2 aromatic rings. The topological polar surface area (TPSA) is 67.2 Å². The van der Waals surface area contributed by atoms with Crippen molar-refractivity contribution < 1.29 is 9.90 Å². The molecule has 100 valence electrons. The molecule has 0 fully saturated rings. The van der Waals surface area contributed by atoms with Gasteiger partial charge in [0, 0.05) is 29.9 Å². The number of nitrogens with zero attached hydrogens (tertiary/aromatic N) is 2. The van der Waals surface area contributed by atoms with Crippen LogP contribution < -0.4 is 5.32 Å². The third kappa shape index (κ3) is 3.57. The maximum absolute atomic E-state index is 11.1. The number of halogens is 1. The third-order valence-corrected chi connectivity index (χ3v) is 3.19. The molecule has 0 aliphatic heterocycles. The highest BCUT2D eigenvalue weighted by Crippen LogP contribution is 2.21. The first-order chi connectivity index (χ1) is 9.06. The molecule has 2 rings (SSSR count). The van der Waals surface area contributed by atoms with Gasteiger partial charge >= 0.3 is 5.97 Å². The first-order valence-corrected chi connectivity index (χ1v) is 6.60. The van der Waals surface area contributed by atoms with Crippen molar-refractivity contribution >= 4 is 27.6 Å². The molecule has 1 aromatic carbocycles. The highest BCUT2D eigenvalue weighted by atomic mass is 79.9. The van der Waals surface area contributed by atoms with Gasteiger partial charge in [0.25, 0.3) is 0 Å². The van der Waals surface area contributed by atoms with Gasteiger partial charge in [-0.1, -0.05) is 15.9 Å². The number of carboxylic acids is 1. The van der Waals surface area contributed by atoms with Gasteiger partial charge in [-0.05, 0) is 30.2 Å². The summed E-state index contributed by atoms with van der Waals surface area (Å²) in [4.78, 5) is 11.1. The molecule has 0 saturated carbocycles. The normalized spacial score (nSPS) is 10.4. The summed E-state index contributed by atoms with van der Waals surface area (Å²) in [6.45, 7) is 0.655. The molecule has 0 aliphatic carbocycles. The number of aromatic nitrogens is 2. The molecule has 19 heavy (non-hydrogen) atoms. The summed E-state index contributed by atoms with van der Waals surface area (Å²) in [6, 6.07) is 5.07. The van der Waals surface area contributed by atoms with Crippen LogP contribution in [-0.4, -0.2) is 27.4 Å². The van der Waals surface area contributed by atoms with Crippen molar-refractivity contribution in [1.82, 2.24) is 9.78 Å². The molecular formula is C13H14BrN3O2. The second-order valence-corrected chi connectivity index (χ2v) is 5.11. The number of carbonyl (C=O) groups is 1. The zero-order valence-electron chi connectivity index (χ0n) is 10.4. The molecule has 0 bridgehead atoms. The van der Waals surface area contributed by atoms with E-state index in [1.54, 1.807) is 29.1 Å². The Morgan fingerprint density at radius 3 is 2.95 bits per heavy atom. The Bertz CT molecular complexity index is 595. The van der Waals surface area contributed by atoms with Gasteiger partial charge in [0.1, 0.15) is 0 Å². The van der Waals surface area contributed by atoms with Gasteiger partial charge in [0.05, 0.1) is 11.8 Å². The van der Waals surface area contributed by atoms with E-state index in [1.165, 1.54) is 0 Å². The average molecular weight is 324 g/mol. The molecule has 0 amide bonds. The highest BCUT2D eigenvalue weighted by molar-refractivity contribution is 9.10. The van der Waals surface area contributed by atoms with Crippen molar-refractivity contribution in [2.24, 2.45) is 7.05 Å². The number of aryl methyl sites for hydroxylation is 1. The van der Waals surface area contributed by atoms with Crippen LogP contribution in [0.4, 0.5) is 5.69 Å². The summed E-state index contributed by atoms with van der Waals surface area (Å²) < 4.78 is 2.60. The van der Waals surface area contributed by atoms with Crippen LogP contribution in [0.5, 0.6) is 0 Å². The molecule has 6 heteroatoms. The van der Waals surface area contributed by atoms with E-state index >= 15 is 0 Å². The van der Waals surface area contributed by atoms with Gasteiger partial charge in [-0.25, -0.2) is 4.79 Å². The Morgan fingerprint density at radius 2 is 2.32 bits per heavy atom. The van der Waals surface area contributed by atoms with Crippen molar-refractivity contribution in [3.05, 3.63) is 46.2 Å². The Morgan fingerprint density at radius 1 is 1.53 bits per heavy atom. The van der Waals surface area contributed by atoms with Gasteiger partial charge in [0.2, 0.25) is 0 Å². The average Bonchev–Trinajstić information content (AvgIpc) is 2.75. The van der Waals surface area contributed by atoms with Gasteiger partial charge in [-0.15, -0.1) is 0 Å². The van der Waals surface area contributed by atoms with Crippen molar-refractivity contribution in [2.45, 2.75) is 6.42 Å². The van der Waals surface area contributed by atoms with E-state index in [2.05, 4.69) is 26.3 Å². The lowest BCUT2D eigenvalue weighted by atomic mass is 10.1. The summed E-state index contributed by atoms with van der Waals surface area (Å²) in [5.41, 5.74) is 2.00. The summed E-state index contributed by atoms with van der Waals surface area (Å²) >= 11 is 3.34. The smallest absolute Gasteiger partial charge is 0.337 e. The molecule has 0 spiro atoms. The minimum atomic E-state index is -0.934. The summed E-state index contributed by atoms with van der Waals surface area (Å²) in [7, 11) is 1.87. The monoisotopic (exact) mass is 323 g/mol. The molecule has 0 atom stereocenters. The zero-order valence-corrected chi connectivity index (χ0v) is 12.0. The van der Waals surface area contributed by atoms with Crippen LogP contribution >= 0.6 is 15.9 Å². The van der Waals surface area contributed by atoms with Crippen LogP contribution in [0.1, 0.15) is 15.9 Å². The molecule has 1 heterocycles.